The van der Waals surface area contributed by atoms with Crippen LogP contribution in [-0.4, -0.2) is 44.9 Å². The van der Waals surface area contributed by atoms with Gasteiger partial charge < -0.3 is 10.5 Å². The fourth-order valence-electron chi connectivity index (χ4n) is 2.43. The molecule has 2 heterocycles. The van der Waals surface area contributed by atoms with Crippen LogP contribution in [0.3, 0.4) is 0 Å². The summed E-state index contributed by atoms with van der Waals surface area (Å²) in [6, 6.07) is 1.34. The number of nitrogens with zero attached hydrogens (tertiary/aromatic N) is 1. The third kappa shape index (κ3) is 3.45. The zero-order valence-corrected chi connectivity index (χ0v) is 13.7. The molecule has 1 saturated heterocycles. The van der Waals surface area contributed by atoms with Crippen molar-refractivity contribution in [2.45, 2.75) is 30.7 Å². The van der Waals surface area contributed by atoms with Gasteiger partial charge in [0, 0.05) is 24.5 Å². The predicted octanol–water partition coefficient (Wildman–Crippen LogP) is 1.28. The predicted molar refractivity (Wildman–Crippen MR) is 80.8 cm³/mol. The molecule has 2 N–H and O–H groups in total. The average Bonchev–Trinajstić information content (AvgIpc) is 2.97. The van der Waals surface area contributed by atoms with Gasteiger partial charge in [0.15, 0.2) is 0 Å². The number of ether oxygens (including phenoxy) is 1. The quantitative estimate of drug-likeness (QED) is 0.839. The largest absolute Gasteiger partial charge is 0.465 e. The van der Waals surface area contributed by atoms with Crippen LogP contribution in [0.25, 0.3) is 0 Å². The molecule has 0 aliphatic carbocycles. The van der Waals surface area contributed by atoms with E-state index in [1.54, 1.807) is 0 Å². The number of hydrogen-bond donors (Lipinski definition) is 1. The van der Waals surface area contributed by atoms with Gasteiger partial charge in [0.25, 0.3) is 0 Å². The summed E-state index contributed by atoms with van der Waals surface area (Å²) in [7, 11) is -2.30. The minimum Gasteiger partial charge on any atom is -0.465 e. The van der Waals surface area contributed by atoms with Crippen LogP contribution in [0.4, 0.5) is 0 Å². The highest BCUT2D eigenvalue weighted by atomic mass is 32.2. The highest BCUT2D eigenvalue weighted by Gasteiger charge is 2.32. The molecule has 2 rings (SSSR count). The standard InChI is InChI=1S/C13H20N2O4S2/c1-9(14)10-4-3-5-15(7-10)21(17,18)11-6-12(20-8-11)13(16)19-2/h6,8-10H,3-5,7,14H2,1-2H3. The maximum absolute atomic E-state index is 12.6. The fourth-order valence-corrected chi connectivity index (χ4v) is 5.15. The molecular formula is C13H20N2O4S2. The molecule has 0 spiro atoms. The van der Waals surface area contributed by atoms with Crippen LogP contribution in [0.15, 0.2) is 16.3 Å². The molecule has 21 heavy (non-hydrogen) atoms. The van der Waals surface area contributed by atoms with Crippen LogP contribution in [0, 0.1) is 5.92 Å². The first-order valence-electron chi connectivity index (χ1n) is 6.79. The first kappa shape index (κ1) is 16.4. The van der Waals surface area contributed by atoms with Crippen molar-refractivity contribution in [3.05, 3.63) is 16.3 Å². The number of carbonyl (C=O) groups is 1. The number of hydrogen-bond acceptors (Lipinski definition) is 6. The topological polar surface area (TPSA) is 89.7 Å². The third-order valence-electron chi connectivity index (χ3n) is 3.76. The lowest BCUT2D eigenvalue weighted by molar-refractivity contribution is 0.0606. The van der Waals surface area contributed by atoms with Gasteiger partial charge in [-0.25, -0.2) is 13.2 Å². The Bertz CT molecular complexity index is 609. The monoisotopic (exact) mass is 332 g/mol. The highest BCUT2D eigenvalue weighted by Crippen LogP contribution is 2.27. The molecule has 2 atom stereocenters. The van der Waals surface area contributed by atoms with Gasteiger partial charge in [0.2, 0.25) is 10.0 Å². The number of carbonyl (C=O) groups excluding carboxylic acids is 1. The molecule has 118 valence electrons. The van der Waals surface area contributed by atoms with Gasteiger partial charge in [-0.15, -0.1) is 11.3 Å². The Morgan fingerprint density at radius 3 is 2.90 bits per heavy atom. The van der Waals surface area contributed by atoms with Crippen molar-refractivity contribution in [2.24, 2.45) is 11.7 Å². The molecule has 1 aromatic rings. The molecule has 1 fully saturated rings. The molecule has 8 heteroatoms. The summed E-state index contributed by atoms with van der Waals surface area (Å²) in [4.78, 5) is 11.9. The Balaban J connectivity index is 2.21. The number of thiophene rings is 1. The van der Waals surface area contributed by atoms with Gasteiger partial charge in [-0.05, 0) is 31.7 Å². The summed E-state index contributed by atoms with van der Waals surface area (Å²) in [6.45, 7) is 2.83. The van der Waals surface area contributed by atoms with Crippen LogP contribution in [0.1, 0.15) is 29.4 Å². The summed E-state index contributed by atoms with van der Waals surface area (Å²) < 4.78 is 31.3. The Morgan fingerprint density at radius 2 is 2.29 bits per heavy atom. The summed E-state index contributed by atoms with van der Waals surface area (Å²) in [6.07, 6.45) is 1.75. The van der Waals surface area contributed by atoms with Crippen molar-refractivity contribution < 1.29 is 17.9 Å². The SMILES string of the molecule is COC(=O)c1cc(S(=O)(=O)N2CCCC(C(C)N)C2)cs1. The van der Waals surface area contributed by atoms with Crippen LogP contribution < -0.4 is 5.73 Å². The van der Waals surface area contributed by atoms with E-state index in [2.05, 4.69) is 4.74 Å². The molecule has 0 aromatic carbocycles. The second kappa shape index (κ2) is 6.43. The van der Waals surface area contributed by atoms with Crippen LogP contribution in [0.5, 0.6) is 0 Å². The number of piperidine rings is 1. The highest BCUT2D eigenvalue weighted by molar-refractivity contribution is 7.89. The first-order valence-corrected chi connectivity index (χ1v) is 9.11. The number of sulfonamides is 1. The van der Waals surface area contributed by atoms with Gasteiger partial charge in [-0.1, -0.05) is 0 Å². The Labute approximate surface area is 128 Å². The van der Waals surface area contributed by atoms with E-state index in [9.17, 15) is 13.2 Å². The van der Waals surface area contributed by atoms with E-state index in [4.69, 9.17) is 5.73 Å². The third-order valence-corrected chi connectivity index (χ3v) is 6.67. The number of methoxy groups -OCH3 is 1. The van der Waals surface area contributed by atoms with Crippen molar-refractivity contribution in [2.75, 3.05) is 20.2 Å². The van der Waals surface area contributed by atoms with Crippen LogP contribution >= 0.6 is 11.3 Å². The minimum atomic E-state index is -3.57. The number of nitrogens with two attached hydrogens (primary N) is 1. The van der Waals surface area contributed by atoms with E-state index in [0.29, 0.717) is 13.1 Å². The zero-order valence-electron chi connectivity index (χ0n) is 12.1. The second-order valence-corrected chi connectivity index (χ2v) is 8.11. The van der Waals surface area contributed by atoms with E-state index in [1.807, 2.05) is 6.92 Å². The molecule has 6 nitrogen and oxygen atoms in total. The van der Waals surface area contributed by atoms with Crippen molar-refractivity contribution in [1.29, 1.82) is 0 Å². The first-order chi connectivity index (χ1) is 9.86. The van der Waals surface area contributed by atoms with Gasteiger partial charge in [-0.3, -0.25) is 0 Å². The molecule has 1 aromatic heterocycles. The maximum Gasteiger partial charge on any atom is 0.348 e. The van der Waals surface area contributed by atoms with Crippen LogP contribution in [-0.2, 0) is 14.8 Å². The summed E-state index contributed by atoms with van der Waals surface area (Å²) in [5, 5.41) is 1.48. The van der Waals surface area contributed by atoms with E-state index in [0.717, 1.165) is 24.2 Å². The summed E-state index contributed by atoms with van der Waals surface area (Å²) in [5.74, 6) is -0.346. The molecule has 0 radical (unpaired) electrons. The molecular weight excluding hydrogens is 312 g/mol. The lowest BCUT2D eigenvalue weighted by atomic mass is 9.93. The Hall–Kier alpha value is -0.960. The molecule has 0 bridgehead atoms. The maximum atomic E-state index is 12.6. The molecule has 0 saturated carbocycles. The van der Waals surface area contributed by atoms with Gasteiger partial charge in [0.05, 0.1) is 12.0 Å². The number of esters is 1. The molecule has 2 unspecified atom stereocenters. The van der Waals surface area contributed by atoms with Crippen molar-refractivity contribution >= 4 is 27.3 Å². The zero-order chi connectivity index (χ0) is 15.6. The van der Waals surface area contributed by atoms with E-state index >= 15 is 0 Å². The lowest BCUT2D eigenvalue weighted by Gasteiger charge is -2.33. The van der Waals surface area contributed by atoms with E-state index < -0.39 is 16.0 Å². The average molecular weight is 332 g/mol. The van der Waals surface area contributed by atoms with E-state index in [1.165, 1.54) is 22.9 Å². The Kier molecular flexibility index (Phi) is 5.03. The normalized spacial score (nSPS) is 22.0. The van der Waals surface area contributed by atoms with Gasteiger partial charge >= 0.3 is 5.97 Å². The fraction of sp³-hybridized carbons (Fsp3) is 0.615. The van der Waals surface area contributed by atoms with E-state index in [-0.39, 0.29) is 21.7 Å². The minimum absolute atomic E-state index is 0.0314. The number of rotatable bonds is 4. The van der Waals surface area contributed by atoms with Crippen LogP contribution in [0.2, 0.25) is 0 Å². The van der Waals surface area contributed by atoms with Gasteiger partial charge in [-0.2, -0.15) is 4.31 Å². The molecule has 0 amide bonds. The van der Waals surface area contributed by atoms with Gasteiger partial charge in [0.1, 0.15) is 4.88 Å². The van der Waals surface area contributed by atoms with Crippen molar-refractivity contribution in [3.63, 3.8) is 0 Å². The second-order valence-electron chi connectivity index (χ2n) is 5.26. The lowest BCUT2D eigenvalue weighted by Crippen LogP contribution is -2.44. The van der Waals surface area contributed by atoms with Crippen molar-refractivity contribution in [3.8, 4) is 0 Å². The van der Waals surface area contributed by atoms with Crippen molar-refractivity contribution in [1.82, 2.24) is 4.31 Å². The summed E-state index contributed by atoms with van der Waals surface area (Å²) >= 11 is 1.08. The Morgan fingerprint density at radius 1 is 1.57 bits per heavy atom. The summed E-state index contributed by atoms with van der Waals surface area (Å²) in [5.41, 5.74) is 5.89. The smallest absolute Gasteiger partial charge is 0.348 e. The molecule has 1 aliphatic heterocycles. The molecule has 1 aliphatic rings.